The molecule has 0 aromatic heterocycles. The Labute approximate surface area is 106 Å². The zero-order chi connectivity index (χ0) is 12.6. The fourth-order valence-electron chi connectivity index (χ4n) is 2.05. The average Bonchev–Trinajstić information content (AvgIpc) is 2.93. The zero-order valence-corrected chi connectivity index (χ0v) is 10.7. The van der Waals surface area contributed by atoms with Gasteiger partial charge in [0.1, 0.15) is 0 Å². The summed E-state index contributed by atoms with van der Waals surface area (Å²) < 4.78 is 0. The Bertz CT molecular complexity index is 447. The molecule has 1 N–H and O–H groups in total. The van der Waals surface area contributed by atoms with E-state index in [0.29, 0.717) is 5.02 Å². The molecule has 1 aromatic rings. The van der Waals surface area contributed by atoms with Gasteiger partial charge in [0, 0.05) is 13.6 Å². The molecule has 1 aliphatic rings. The summed E-state index contributed by atoms with van der Waals surface area (Å²) in [4.78, 5) is 12.9. The Hall–Kier alpha value is -1.22. The van der Waals surface area contributed by atoms with E-state index in [1.165, 1.54) is 12.5 Å². The van der Waals surface area contributed by atoms with Gasteiger partial charge in [-0.25, -0.2) is 4.79 Å². The standard InChI is InChI=1S/C13H16ClNO2/c1-8-5-10(8)7-15(2)12-4-3-9(13(16)17)6-11(12)14/h3-4,6,8,10H,5,7H2,1-2H3,(H,16,17). The molecule has 0 heterocycles. The Morgan fingerprint density at radius 1 is 1.59 bits per heavy atom. The maximum atomic E-state index is 10.8. The first-order valence-corrected chi connectivity index (χ1v) is 6.11. The van der Waals surface area contributed by atoms with E-state index in [4.69, 9.17) is 16.7 Å². The number of nitrogens with zero attached hydrogens (tertiary/aromatic N) is 1. The van der Waals surface area contributed by atoms with Crippen LogP contribution in [0.3, 0.4) is 0 Å². The summed E-state index contributed by atoms with van der Waals surface area (Å²) in [5.74, 6) is 0.599. The molecule has 4 heteroatoms. The van der Waals surface area contributed by atoms with Crippen molar-refractivity contribution in [2.75, 3.05) is 18.5 Å². The van der Waals surface area contributed by atoms with Crippen LogP contribution in [0.5, 0.6) is 0 Å². The van der Waals surface area contributed by atoms with Crippen LogP contribution in [0.1, 0.15) is 23.7 Å². The Balaban J connectivity index is 2.12. The summed E-state index contributed by atoms with van der Waals surface area (Å²) in [5.41, 5.74) is 1.13. The van der Waals surface area contributed by atoms with E-state index in [1.807, 2.05) is 7.05 Å². The molecule has 1 aliphatic carbocycles. The lowest BCUT2D eigenvalue weighted by Gasteiger charge is -2.20. The molecule has 1 saturated carbocycles. The number of rotatable bonds is 4. The van der Waals surface area contributed by atoms with E-state index < -0.39 is 5.97 Å². The van der Waals surface area contributed by atoms with Gasteiger partial charge in [-0.3, -0.25) is 0 Å². The maximum absolute atomic E-state index is 10.8. The number of carbonyl (C=O) groups is 1. The molecule has 0 radical (unpaired) electrons. The van der Waals surface area contributed by atoms with Crippen molar-refractivity contribution in [2.45, 2.75) is 13.3 Å². The number of halogens is 1. The largest absolute Gasteiger partial charge is 0.478 e. The third-order valence-corrected chi connectivity index (χ3v) is 3.69. The van der Waals surface area contributed by atoms with E-state index in [9.17, 15) is 4.79 Å². The number of carboxylic acids is 1. The van der Waals surface area contributed by atoms with Crippen LogP contribution in [0.15, 0.2) is 18.2 Å². The summed E-state index contributed by atoms with van der Waals surface area (Å²) in [6, 6.07) is 4.88. The minimum absolute atomic E-state index is 0.229. The van der Waals surface area contributed by atoms with Gasteiger partial charge in [-0.2, -0.15) is 0 Å². The molecule has 0 saturated heterocycles. The molecular formula is C13H16ClNO2. The lowest BCUT2D eigenvalue weighted by molar-refractivity contribution is 0.0697. The minimum atomic E-state index is -0.947. The van der Waals surface area contributed by atoms with Crippen LogP contribution in [0.4, 0.5) is 5.69 Å². The monoisotopic (exact) mass is 253 g/mol. The predicted octanol–water partition coefficient (Wildman–Crippen LogP) is 3.13. The SMILES string of the molecule is CC1CC1CN(C)c1ccc(C(=O)O)cc1Cl. The maximum Gasteiger partial charge on any atom is 0.335 e. The van der Waals surface area contributed by atoms with Crippen LogP contribution >= 0.6 is 11.6 Å². The third kappa shape index (κ3) is 2.72. The van der Waals surface area contributed by atoms with Crippen molar-refractivity contribution < 1.29 is 9.90 Å². The highest BCUT2D eigenvalue weighted by atomic mass is 35.5. The molecule has 92 valence electrons. The number of hydrogen-bond acceptors (Lipinski definition) is 2. The van der Waals surface area contributed by atoms with Crippen LogP contribution in [0.25, 0.3) is 0 Å². The van der Waals surface area contributed by atoms with Crippen LogP contribution in [0.2, 0.25) is 5.02 Å². The quantitative estimate of drug-likeness (QED) is 0.896. The molecule has 0 spiro atoms. The molecular weight excluding hydrogens is 238 g/mol. The highest BCUT2D eigenvalue weighted by Gasteiger charge is 2.33. The van der Waals surface area contributed by atoms with Gasteiger partial charge in [-0.05, 0) is 36.5 Å². The lowest BCUT2D eigenvalue weighted by atomic mass is 10.2. The second-order valence-electron chi connectivity index (χ2n) is 4.82. The van der Waals surface area contributed by atoms with Crippen molar-refractivity contribution in [3.8, 4) is 0 Å². The van der Waals surface area contributed by atoms with Gasteiger partial charge in [-0.15, -0.1) is 0 Å². The van der Waals surface area contributed by atoms with Crippen LogP contribution in [-0.4, -0.2) is 24.7 Å². The van der Waals surface area contributed by atoms with Crippen LogP contribution in [0, 0.1) is 11.8 Å². The number of carboxylic acid groups (broad SMARTS) is 1. The summed E-state index contributed by atoms with van der Waals surface area (Å²) in [6.45, 7) is 3.22. The van der Waals surface area contributed by atoms with Gasteiger partial charge in [0.15, 0.2) is 0 Å². The van der Waals surface area contributed by atoms with E-state index in [0.717, 1.165) is 24.1 Å². The van der Waals surface area contributed by atoms with E-state index in [1.54, 1.807) is 12.1 Å². The Kier molecular flexibility index (Phi) is 3.29. The van der Waals surface area contributed by atoms with Crippen molar-refractivity contribution in [2.24, 2.45) is 11.8 Å². The highest BCUT2D eigenvalue weighted by molar-refractivity contribution is 6.33. The van der Waals surface area contributed by atoms with Gasteiger partial charge in [0.25, 0.3) is 0 Å². The van der Waals surface area contributed by atoms with Gasteiger partial charge >= 0.3 is 5.97 Å². The average molecular weight is 254 g/mol. The summed E-state index contributed by atoms with van der Waals surface area (Å²) >= 11 is 6.10. The molecule has 2 unspecified atom stereocenters. The molecule has 1 aromatic carbocycles. The van der Waals surface area contributed by atoms with E-state index in [2.05, 4.69) is 11.8 Å². The topological polar surface area (TPSA) is 40.5 Å². The van der Waals surface area contributed by atoms with E-state index in [-0.39, 0.29) is 5.56 Å². The van der Waals surface area contributed by atoms with E-state index >= 15 is 0 Å². The second kappa shape index (κ2) is 4.57. The first kappa shape index (κ1) is 12.2. The zero-order valence-electron chi connectivity index (χ0n) is 9.98. The summed E-state index contributed by atoms with van der Waals surface area (Å²) in [7, 11) is 1.99. The van der Waals surface area contributed by atoms with Gasteiger partial charge in [0.2, 0.25) is 0 Å². The predicted molar refractivity (Wildman–Crippen MR) is 69.0 cm³/mol. The fourth-order valence-corrected chi connectivity index (χ4v) is 2.38. The molecule has 3 nitrogen and oxygen atoms in total. The molecule has 0 bridgehead atoms. The summed E-state index contributed by atoms with van der Waals surface area (Å²) in [6.07, 6.45) is 1.27. The first-order valence-electron chi connectivity index (χ1n) is 5.73. The van der Waals surface area contributed by atoms with Crippen molar-refractivity contribution in [1.82, 2.24) is 0 Å². The number of hydrogen-bond donors (Lipinski definition) is 1. The second-order valence-corrected chi connectivity index (χ2v) is 5.23. The Morgan fingerprint density at radius 3 is 2.71 bits per heavy atom. The van der Waals surface area contributed by atoms with Crippen molar-refractivity contribution in [1.29, 1.82) is 0 Å². The number of benzene rings is 1. The van der Waals surface area contributed by atoms with Gasteiger partial charge in [0.05, 0.1) is 16.3 Å². The Morgan fingerprint density at radius 2 is 2.24 bits per heavy atom. The van der Waals surface area contributed by atoms with Crippen LogP contribution < -0.4 is 4.90 Å². The molecule has 17 heavy (non-hydrogen) atoms. The van der Waals surface area contributed by atoms with Crippen LogP contribution in [-0.2, 0) is 0 Å². The third-order valence-electron chi connectivity index (χ3n) is 3.39. The molecule has 0 amide bonds. The van der Waals surface area contributed by atoms with Crippen molar-refractivity contribution in [3.63, 3.8) is 0 Å². The number of aromatic carboxylic acids is 1. The smallest absolute Gasteiger partial charge is 0.335 e. The highest BCUT2D eigenvalue weighted by Crippen LogP contribution is 2.39. The molecule has 1 fully saturated rings. The molecule has 2 rings (SSSR count). The van der Waals surface area contributed by atoms with Gasteiger partial charge in [-0.1, -0.05) is 18.5 Å². The lowest BCUT2D eigenvalue weighted by Crippen LogP contribution is -2.21. The summed E-state index contributed by atoms with van der Waals surface area (Å²) in [5, 5.41) is 9.36. The normalized spacial score (nSPS) is 22.3. The molecule has 0 aliphatic heterocycles. The fraction of sp³-hybridized carbons (Fsp3) is 0.462. The minimum Gasteiger partial charge on any atom is -0.478 e. The van der Waals surface area contributed by atoms with Crippen molar-refractivity contribution >= 4 is 23.3 Å². The first-order chi connectivity index (χ1) is 7.99. The number of anilines is 1. The van der Waals surface area contributed by atoms with Gasteiger partial charge < -0.3 is 10.0 Å². The molecule has 2 atom stereocenters. The van der Waals surface area contributed by atoms with Crippen molar-refractivity contribution in [3.05, 3.63) is 28.8 Å².